The molecule has 0 saturated heterocycles. The van der Waals surface area contributed by atoms with Crippen molar-refractivity contribution in [2.45, 2.75) is 38.8 Å². The molecule has 1 unspecified atom stereocenters. The first kappa shape index (κ1) is 13.4. The van der Waals surface area contributed by atoms with Gasteiger partial charge in [-0.1, -0.05) is 18.2 Å². The molecule has 0 bridgehead atoms. The molecule has 1 atom stereocenters. The Morgan fingerprint density at radius 1 is 1.33 bits per heavy atom. The van der Waals surface area contributed by atoms with Crippen molar-refractivity contribution in [2.75, 3.05) is 19.8 Å². The molecular formula is C15H23NO2. The van der Waals surface area contributed by atoms with Crippen LogP contribution in [0.15, 0.2) is 24.3 Å². The molecule has 1 N–H and O–H groups in total. The summed E-state index contributed by atoms with van der Waals surface area (Å²) in [5.41, 5.74) is 1.08. The second kappa shape index (κ2) is 5.72. The van der Waals surface area contributed by atoms with Gasteiger partial charge in [0, 0.05) is 18.8 Å². The van der Waals surface area contributed by atoms with Gasteiger partial charge in [0.1, 0.15) is 11.4 Å². The number of ether oxygens (including phenoxy) is 2. The second-order valence-electron chi connectivity index (χ2n) is 5.18. The van der Waals surface area contributed by atoms with E-state index in [1.54, 1.807) is 0 Å². The van der Waals surface area contributed by atoms with Crippen LogP contribution in [0.1, 0.15) is 38.8 Å². The van der Waals surface area contributed by atoms with Crippen LogP contribution in [0.25, 0.3) is 0 Å². The third-order valence-electron chi connectivity index (χ3n) is 3.32. The Hall–Kier alpha value is -1.06. The van der Waals surface area contributed by atoms with E-state index in [4.69, 9.17) is 9.47 Å². The Labute approximate surface area is 109 Å². The van der Waals surface area contributed by atoms with E-state index >= 15 is 0 Å². The maximum absolute atomic E-state index is 5.99. The number of para-hydroxylation sites is 1. The van der Waals surface area contributed by atoms with Crippen LogP contribution in [0.2, 0.25) is 0 Å². The van der Waals surface area contributed by atoms with Gasteiger partial charge in [0.2, 0.25) is 0 Å². The Morgan fingerprint density at radius 2 is 2.11 bits per heavy atom. The molecule has 0 fully saturated rings. The molecule has 100 valence electrons. The smallest absolute Gasteiger partial charge is 0.125 e. The molecule has 2 rings (SSSR count). The van der Waals surface area contributed by atoms with Crippen LogP contribution in [0.4, 0.5) is 0 Å². The van der Waals surface area contributed by atoms with Crippen LogP contribution in [-0.4, -0.2) is 25.4 Å². The zero-order chi connectivity index (χ0) is 13.0. The summed E-state index contributed by atoms with van der Waals surface area (Å²) in [5.74, 6) is 1.00. The first-order chi connectivity index (χ1) is 8.65. The van der Waals surface area contributed by atoms with E-state index in [9.17, 15) is 0 Å². The van der Waals surface area contributed by atoms with Crippen molar-refractivity contribution in [3.8, 4) is 5.75 Å². The van der Waals surface area contributed by atoms with E-state index in [2.05, 4.69) is 31.3 Å². The van der Waals surface area contributed by atoms with E-state index in [-0.39, 0.29) is 11.6 Å². The zero-order valence-electron chi connectivity index (χ0n) is 11.5. The van der Waals surface area contributed by atoms with Gasteiger partial charge in [-0.3, -0.25) is 0 Å². The highest BCUT2D eigenvalue weighted by Crippen LogP contribution is 2.42. The van der Waals surface area contributed by atoms with Gasteiger partial charge < -0.3 is 14.8 Å². The van der Waals surface area contributed by atoms with Crippen molar-refractivity contribution >= 4 is 0 Å². The van der Waals surface area contributed by atoms with Gasteiger partial charge in [-0.25, -0.2) is 0 Å². The first-order valence-electron chi connectivity index (χ1n) is 6.74. The molecule has 18 heavy (non-hydrogen) atoms. The molecule has 1 heterocycles. The maximum Gasteiger partial charge on any atom is 0.125 e. The van der Waals surface area contributed by atoms with Crippen LogP contribution in [0.5, 0.6) is 5.75 Å². The van der Waals surface area contributed by atoms with Gasteiger partial charge in [-0.2, -0.15) is 0 Å². The molecule has 3 nitrogen and oxygen atoms in total. The highest BCUT2D eigenvalue weighted by Gasteiger charge is 2.40. The number of nitrogens with one attached hydrogen (secondary N) is 1. The molecule has 1 aromatic carbocycles. The Balaban J connectivity index is 1.94. The lowest BCUT2D eigenvalue weighted by atomic mass is 9.94. The van der Waals surface area contributed by atoms with Crippen molar-refractivity contribution in [3.05, 3.63) is 29.8 Å². The SMILES string of the molecule is CCOCCCNC1c2ccccc2OC1(C)C. The van der Waals surface area contributed by atoms with Crippen LogP contribution in [0.3, 0.4) is 0 Å². The summed E-state index contributed by atoms with van der Waals surface area (Å²) in [4.78, 5) is 0. The Kier molecular flexibility index (Phi) is 4.25. The molecule has 1 aliphatic rings. The van der Waals surface area contributed by atoms with Gasteiger partial charge in [0.05, 0.1) is 6.04 Å². The highest BCUT2D eigenvalue weighted by atomic mass is 16.5. The number of hydrogen-bond donors (Lipinski definition) is 1. The summed E-state index contributed by atoms with van der Waals surface area (Å²) in [6, 6.07) is 8.53. The zero-order valence-corrected chi connectivity index (χ0v) is 11.5. The summed E-state index contributed by atoms with van der Waals surface area (Å²) in [6.45, 7) is 8.85. The topological polar surface area (TPSA) is 30.5 Å². The largest absolute Gasteiger partial charge is 0.486 e. The minimum atomic E-state index is -0.185. The third kappa shape index (κ3) is 2.85. The van der Waals surface area contributed by atoms with Crippen LogP contribution >= 0.6 is 0 Å². The molecule has 0 aromatic heterocycles. The number of benzene rings is 1. The average molecular weight is 249 g/mol. The van der Waals surface area contributed by atoms with Crippen molar-refractivity contribution in [1.29, 1.82) is 0 Å². The second-order valence-corrected chi connectivity index (χ2v) is 5.18. The lowest BCUT2D eigenvalue weighted by Gasteiger charge is -2.27. The summed E-state index contributed by atoms with van der Waals surface area (Å²) in [6.07, 6.45) is 1.03. The molecule has 0 spiro atoms. The quantitative estimate of drug-likeness (QED) is 0.786. The average Bonchev–Trinajstić information content (AvgIpc) is 2.60. The molecule has 1 aliphatic heterocycles. The van der Waals surface area contributed by atoms with E-state index in [0.717, 1.165) is 31.9 Å². The number of fused-ring (bicyclic) bond motifs is 1. The molecule has 1 aromatic rings. The summed E-state index contributed by atoms with van der Waals surface area (Å²) < 4.78 is 11.3. The molecule has 0 radical (unpaired) electrons. The van der Waals surface area contributed by atoms with Crippen LogP contribution in [0, 0.1) is 0 Å². The van der Waals surface area contributed by atoms with Crippen molar-refractivity contribution in [3.63, 3.8) is 0 Å². The van der Waals surface area contributed by atoms with Crippen molar-refractivity contribution < 1.29 is 9.47 Å². The van der Waals surface area contributed by atoms with Crippen molar-refractivity contribution in [1.82, 2.24) is 5.32 Å². The maximum atomic E-state index is 5.99. The van der Waals surface area contributed by atoms with Gasteiger partial charge in [0.15, 0.2) is 0 Å². The van der Waals surface area contributed by atoms with Crippen molar-refractivity contribution in [2.24, 2.45) is 0 Å². The van der Waals surface area contributed by atoms with E-state index in [1.807, 2.05) is 19.1 Å². The number of rotatable bonds is 6. The minimum absolute atomic E-state index is 0.185. The molecule has 3 heteroatoms. The van der Waals surface area contributed by atoms with E-state index < -0.39 is 0 Å². The fraction of sp³-hybridized carbons (Fsp3) is 0.600. The monoisotopic (exact) mass is 249 g/mol. The lowest BCUT2D eigenvalue weighted by Crippen LogP contribution is -2.39. The first-order valence-corrected chi connectivity index (χ1v) is 6.74. The van der Waals surface area contributed by atoms with E-state index in [1.165, 1.54) is 5.56 Å². The summed E-state index contributed by atoms with van der Waals surface area (Å²) in [5, 5.41) is 3.58. The standard InChI is InChI=1S/C15H23NO2/c1-4-17-11-7-10-16-14-12-8-5-6-9-13(12)18-15(14,2)3/h5-6,8-9,14,16H,4,7,10-11H2,1-3H3. The predicted octanol–water partition coefficient (Wildman–Crippen LogP) is 2.91. The number of hydrogen-bond acceptors (Lipinski definition) is 3. The molecule has 0 amide bonds. The normalized spacial score (nSPS) is 20.5. The predicted molar refractivity (Wildman–Crippen MR) is 73.0 cm³/mol. The van der Waals surface area contributed by atoms with Gasteiger partial charge in [0.25, 0.3) is 0 Å². The van der Waals surface area contributed by atoms with Gasteiger partial charge in [-0.15, -0.1) is 0 Å². The summed E-state index contributed by atoms with van der Waals surface area (Å²) in [7, 11) is 0. The van der Waals surface area contributed by atoms with Crippen LogP contribution < -0.4 is 10.1 Å². The third-order valence-corrected chi connectivity index (χ3v) is 3.32. The van der Waals surface area contributed by atoms with Crippen LogP contribution in [-0.2, 0) is 4.74 Å². The summed E-state index contributed by atoms with van der Waals surface area (Å²) >= 11 is 0. The highest BCUT2D eigenvalue weighted by molar-refractivity contribution is 5.42. The molecule has 0 saturated carbocycles. The van der Waals surface area contributed by atoms with Gasteiger partial charge >= 0.3 is 0 Å². The fourth-order valence-electron chi connectivity index (χ4n) is 2.45. The minimum Gasteiger partial charge on any atom is -0.486 e. The molecule has 0 aliphatic carbocycles. The van der Waals surface area contributed by atoms with Gasteiger partial charge in [-0.05, 0) is 39.8 Å². The Bertz CT molecular complexity index is 390. The fourth-order valence-corrected chi connectivity index (χ4v) is 2.45. The van der Waals surface area contributed by atoms with E-state index in [0.29, 0.717) is 0 Å². The Morgan fingerprint density at radius 3 is 2.89 bits per heavy atom. The molecular weight excluding hydrogens is 226 g/mol. The lowest BCUT2D eigenvalue weighted by molar-refractivity contribution is 0.0932.